The molecule has 25 heavy (non-hydrogen) atoms. The Morgan fingerprint density at radius 1 is 1.28 bits per heavy atom. The highest BCUT2D eigenvalue weighted by molar-refractivity contribution is 6.30. The van der Waals surface area contributed by atoms with Crippen LogP contribution >= 0.6 is 11.6 Å². The molecule has 1 aromatic heterocycles. The first-order valence-electron chi connectivity index (χ1n) is 7.86. The summed E-state index contributed by atoms with van der Waals surface area (Å²) in [6, 6.07) is 6.75. The number of rotatable bonds is 4. The summed E-state index contributed by atoms with van der Waals surface area (Å²) >= 11 is 5.90. The molecule has 2 amide bonds. The average Bonchev–Trinajstić information content (AvgIpc) is 3.04. The first-order valence-corrected chi connectivity index (χ1v) is 8.24. The van der Waals surface area contributed by atoms with Crippen LogP contribution in [0.4, 0.5) is 19.3 Å². The van der Waals surface area contributed by atoms with Crippen LogP contribution in [-0.2, 0) is 6.54 Å². The van der Waals surface area contributed by atoms with Crippen molar-refractivity contribution in [2.45, 2.75) is 13.1 Å². The highest BCUT2D eigenvalue weighted by Gasteiger charge is 2.23. The lowest BCUT2D eigenvalue weighted by molar-refractivity contribution is 0.0620. The molecule has 0 saturated carbocycles. The Hall–Kier alpha value is -2.19. The summed E-state index contributed by atoms with van der Waals surface area (Å²) in [5, 5.41) is 3.36. The van der Waals surface area contributed by atoms with Gasteiger partial charge in [0.25, 0.3) is 0 Å². The van der Waals surface area contributed by atoms with Crippen molar-refractivity contribution in [3.63, 3.8) is 0 Å². The van der Waals surface area contributed by atoms with Gasteiger partial charge in [-0.15, -0.1) is 0 Å². The van der Waals surface area contributed by atoms with Crippen LogP contribution in [0.1, 0.15) is 12.4 Å². The van der Waals surface area contributed by atoms with Crippen LogP contribution in [0.2, 0.25) is 5.02 Å². The summed E-state index contributed by atoms with van der Waals surface area (Å²) in [6.07, 6.45) is 2.64. The fourth-order valence-corrected chi connectivity index (χ4v) is 2.91. The normalized spacial score (nSPS) is 15.6. The fraction of sp³-hybridized carbons (Fsp3) is 0.375. The molecule has 3 rings (SSSR count). The molecule has 1 fully saturated rings. The molecule has 2 heterocycles. The Bertz CT molecular complexity index is 731. The van der Waals surface area contributed by atoms with E-state index < -0.39 is 6.55 Å². The zero-order valence-electron chi connectivity index (χ0n) is 13.4. The van der Waals surface area contributed by atoms with E-state index in [9.17, 15) is 13.6 Å². The number of hydrogen-bond donors (Lipinski definition) is 1. The molecule has 9 heteroatoms. The van der Waals surface area contributed by atoms with Gasteiger partial charge in [0.2, 0.25) is 0 Å². The molecular formula is C16H18ClF2N5O. The van der Waals surface area contributed by atoms with Crippen LogP contribution in [0.25, 0.3) is 0 Å². The van der Waals surface area contributed by atoms with E-state index in [0.717, 1.165) is 4.57 Å². The van der Waals surface area contributed by atoms with E-state index in [0.29, 0.717) is 49.3 Å². The maximum Gasteiger partial charge on any atom is 0.321 e. The fourth-order valence-electron chi connectivity index (χ4n) is 2.72. The van der Waals surface area contributed by atoms with Gasteiger partial charge in [0.1, 0.15) is 5.82 Å². The molecule has 6 nitrogen and oxygen atoms in total. The molecular weight excluding hydrogens is 352 g/mol. The number of nitrogens with zero attached hydrogens (tertiary/aromatic N) is 4. The number of amides is 2. The summed E-state index contributed by atoms with van der Waals surface area (Å²) in [4.78, 5) is 20.0. The number of anilines is 1. The van der Waals surface area contributed by atoms with Crippen molar-refractivity contribution in [3.05, 3.63) is 47.5 Å². The van der Waals surface area contributed by atoms with Crippen molar-refractivity contribution in [1.82, 2.24) is 19.4 Å². The van der Waals surface area contributed by atoms with Crippen LogP contribution in [0.15, 0.2) is 36.7 Å². The zero-order valence-corrected chi connectivity index (χ0v) is 14.2. The van der Waals surface area contributed by atoms with Crippen LogP contribution in [-0.4, -0.2) is 51.6 Å². The van der Waals surface area contributed by atoms with E-state index in [1.54, 1.807) is 29.2 Å². The predicted octanol–water partition coefficient (Wildman–Crippen LogP) is 3.28. The number of carbonyl (C=O) groups excluding carboxylic acids is 1. The monoisotopic (exact) mass is 369 g/mol. The molecule has 0 atom stereocenters. The molecule has 134 valence electrons. The lowest BCUT2D eigenvalue weighted by Crippen LogP contribution is -2.49. The van der Waals surface area contributed by atoms with Gasteiger partial charge in [-0.2, -0.15) is 8.78 Å². The van der Waals surface area contributed by atoms with Crippen molar-refractivity contribution in [2.24, 2.45) is 0 Å². The molecule has 1 aliphatic rings. The lowest BCUT2D eigenvalue weighted by atomic mass is 10.3. The first kappa shape index (κ1) is 17.6. The van der Waals surface area contributed by atoms with Crippen LogP contribution in [0.5, 0.6) is 0 Å². The average molecular weight is 370 g/mol. The number of nitrogens with one attached hydrogen (secondary N) is 1. The van der Waals surface area contributed by atoms with Crippen molar-refractivity contribution in [2.75, 3.05) is 31.5 Å². The van der Waals surface area contributed by atoms with E-state index in [1.807, 2.05) is 4.90 Å². The maximum atomic E-state index is 12.9. The Morgan fingerprint density at radius 2 is 2.04 bits per heavy atom. The van der Waals surface area contributed by atoms with Crippen LogP contribution < -0.4 is 5.32 Å². The first-order chi connectivity index (χ1) is 12.0. The summed E-state index contributed by atoms with van der Waals surface area (Å²) < 4.78 is 26.6. The molecule has 1 aliphatic heterocycles. The molecule has 0 aliphatic carbocycles. The second-order valence-corrected chi connectivity index (χ2v) is 6.17. The third-order valence-corrected chi connectivity index (χ3v) is 4.29. The Labute approximate surface area is 149 Å². The van der Waals surface area contributed by atoms with Gasteiger partial charge >= 0.3 is 12.6 Å². The number of urea groups is 1. The molecule has 0 radical (unpaired) electrons. The van der Waals surface area contributed by atoms with E-state index in [2.05, 4.69) is 10.3 Å². The van der Waals surface area contributed by atoms with Crippen molar-refractivity contribution in [1.29, 1.82) is 0 Å². The number of benzene rings is 1. The lowest BCUT2D eigenvalue weighted by Gasteiger charge is -2.34. The molecule has 0 bridgehead atoms. The van der Waals surface area contributed by atoms with E-state index in [-0.39, 0.29) is 6.03 Å². The van der Waals surface area contributed by atoms with Gasteiger partial charge in [-0.25, -0.2) is 9.78 Å². The summed E-state index contributed by atoms with van der Waals surface area (Å²) in [5.74, 6) is 0.326. The number of halogens is 3. The van der Waals surface area contributed by atoms with Gasteiger partial charge < -0.3 is 10.2 Å². The van der Waals surface area contributed by atoms with E-state index in [1.165, 1.54) is 12.4 Å². The van der Waals surface area contributed by atoms with Gasteiger partial charge in [-0.05, 0) is 18.2 Å². The van der Waals surface area contributed by atoms with Gasteiger partial charge in [-0.3, -0.25) is 9.47 Å². The Balaban J connectivity index is 1.51. The van der Waals surface area contributed by atoms with Gasteiger partial charge in [0.15, 0.2) is 0 Å². The smallest absolute Gasteiger partial charge is 0.321 e. The second-order valence-electron chi connectivity index (χ2n) is 5.73. The predicted molar refractivity (Wildman–Crippen MR) is 90.8 cm³/mol. The SMILES string of the molecule is O=C(Nc1cccc(Cl)c1)N1CCN(Cc2nccn2C(F)F)CC1. The summed E-state index contributed by atoms with van der Waals surface area (Å²) in [5.41, 5.74) is 0.638. The molecule has 1 aromatic carbocycles. The molecule has 0 spiro atoms. The van der Waals surface area contributed by atoms with E-state index in [4.69, 9.17) is 11.6 Å². The summed E-state index contributed by atoms with van der Waals surface area (Å²) in [7, 11) is 0. The Kier molecular flexibility index (Phi) is 5.50. The zero-order chi connectivity index (χ0) is 17.8. The number of imidazole rings is 1. The topological polar surface area (TPSA) is 53.4 Å². The Morgan fingerprint density at radius 3 is 2.72 bits per heavy atom. The highest BCUT2D eigenvalue weighted by atomic mass is 35.5. The summed E-state index contributed by atoms with van der Waals surface area (Å²) in [6.45, 7) is -0.0368. The molecule has 0 unspecified atom stereocenters. The third kappa shape index (κ3) is 4.46. The molecule has 1 N–H and O–H groups in total. The minimum Gasteiger partial charge on any atom is -0.322 e. The van der Waals surface area contributed by atoms with E-state index >= 15 is 0 Å². The number of hydrogen-bond acceptors (Lipinski definition) is 3. The minimum atomic E-state index is -2.60. The third-order valence-electron chi connectivity index (χ3n) is 4.06. The van der Waals surface area contributed by atoms with Crippen LogP contribution in [0.3, 0.4) is 0 Å². The maximum absolute atomic E-state index is 12.9. The van der Waals surface area contributed by atoms with Crippen LogP contribution in [0, 0.1) is 0 Å². The van der Waals surface area contributed by atoms with Crippen molar-refractivity contribution < 1.29 is 13.6 Å². The highest BCUT2D eigenvalue weighted by Crippen LogP contribution is 2.17. The number of piperazine rings is 1. The largest absolute Gasteiger partial charge is 0.322 e. The van der Waals surface area contributed by atoms with Gasteiger partial charge in [0.05, 0.1) is 6.54 Å². The number of carbonyl (C=O) groups is 1. The number of alkyl halides is 2. The quantitative estimate of drug-likeness (QED) is 0.899. The standard InChI is InChI=1S/C16H18ClF2N5O/c17-12-2-1-3-13(10-12)21-16(25)23-8-6-22(7-9-23)11-14-20-4-5-24(14)15(18)19/h1-5,10,15H,6-9,11H2,(H,21,25). The minimum absolute atomic E-state index is 0.198. The van der Waals surface area contributed by atoms with Crippen molar-refractivity contribution >= 4 is 23.3 Å². The second kappa shape index (κ2) is 7.79. The van der Waals surface area contributed by atoms with Crippen molar-refractivity contribution in [3.8, 4) is 0 Å². The molecule has 1 saturated heterocycles. The van der Waals surface area contributed by atoms with Gasteiger partial charge in [0, 0.05) is 49.3 Å². The number of aromatic nitrogens is 2. The van der Waals surface area contributed by atoms with Gasteiger partial charge in [-0.1, -0.05) is 17.7 Å². The molecule has 2 aromatic rings.